The van der Waals surface area contributed by atoms with Gasteiger partial charge in [-0.15, -0.1) is 0 Å². The molecular weight excluding hydrogens is 364 g/mol. The molecule has 7 nitrogen and oxygen atoms in total. The van der Waals surface area contributed by atoms with Crippen LogP contribution in [0.15, 0.2) is 42.7 Å². The molecule has 4 rings (SSSR count). The fourth-order valence-electron chi connectivity index (χ4n) is 3.94. The van der Waals surface area contributed by atoms with Crippen LogP contribution in [0, 0.1) is 13.8 Å². The van der Waals surface area contributed by atoms with Crippen LogP contribution in [0.25, 0.3) is 0 Å². The molecule has 29 heavy (non-hydrogen) atoms. The minimum absolute atomic E-state index is 0.0554. The molecule has 1 atom stereocenters. The number of hydrogen-bond acceptors (Lipinski definition) is 5. The normalized spacial score (nSPS) is 16.7. The molecule has 7 heteroatoms. The zero-order valence-electron chi connectivity index (χ0n) is 17.1. The largest absolute Gasteiger partial charge is 0.340 e. The zero-order valence-corrected chi connectivity index (χ0v) is 17.1. The van der Waals surface area contributed by atoms with Crippen LogP contribution < -0.4 is 5.32 Å². The Morgan fingerprint density at radius 3 is 2.83 bits per heavy atom. The summed E-state index contributed by atoms with van der Waals surface area (Å²) in [5.74, 6) is 1.07. The molecule has 1 aliphatic heterocycles. The first-order chi connectivity index (χ1) is 14.0. The summed E-state index contributed by atoms with van der Waals surface area (Å²) in [7, 11) is 1.84. The van der Waals surface area contributed by atoms with Crippen molar-refractivity contribution in [2.45, 2.75) is 32.6 Å². The Balaban J connectivity index is 1.53. The van der Waals surface area contributed by atoms with E-state index in [0.29, 0.717) is 12.1 Å². The molecule has 3 aromatic rings. The quantitative estimate of drug-likeness (QED) is 0.737. The maximum atomic E-state index is 13.0. The van der Waals surface area contributed by atoms with Crippen LogP contribution in [0.3, 0.4) is 0 Å². The first-order valence-corrected chi connectivity index (χ1v) is 9.96. The predicted octanol–water partition coefficient (Wildman–Crippen LogP) is 3.59. The lowest BCUT2D eigenvalue weighted by Crippen LogP contribution is -2.39. The standard InChI is InChI=1S/C22H26N6O/c1-15-11-18(25-21-8-4-5-9-23-21)12-20(24-15)17-7-6-10-28(13-17)22(29)19-14-27(3)26-16(19)2/h4-5,8-9,11-12,14,17H,6-7,10,13H2,1-3H3,(H,23,24,25)/t17-/m1/s1. The monoisotopic (exact) mass is 390 g/mol. The van der Waals surface area contributed by atoms with E-state index in [9.17, 15) is 4.79 Å². The van der Waals surface area contributed by atoms with E-state index >= 15 is 0 Å². The number of rotatable bonds is 4. The molecule has 0 aromatic carbocycles. The Kier molecular flexibility index (Phi) is 5.29. The van der Waals surface area contributed by atoms with E-state index in [-0.39, 0.29) is 11.8 Å². The maximum absolute atomic E-state index is 13.0. The van der Waals surface area contributed by atoms with Crippen LogP contribution in [0.5, 0.6) is 0 Å². The van der Waals surface area contributed by atoms with Gasteiger partial charge in [-0.1, -0.05) is 6.07 Å². The number of aromatic nitrogens is 4. The number of nitrogens with zero attached hydrogens (tertiary/aromatic N) is 5. The first-order valence-electron chi connectivity index (χ1n) is 9.96. The van der Waals surface area contributed by atoms with Gasteiger partial charge in [0, 0.05) is 55.5 Å². The molecule has 0 radical (unpaired) electrons. The summed E-state index contributed by atoms with van der Waals surface area (Å²) in [5, 5.41) is 7.66. The molecule has 0 bridgehead atoms. The molecule has 3 aromatic heterocycles. The molecule has 1 aliphatic rings. The lowest BCUT2D eigenvalue weighted by Gasteiger charge is -2.32. The van der Waals surface area contributed by atoms with Crippen molar-refractivity contribution in [2.24, 2.45) is 7.05 Å². The molecule has 1 fully saturated rings. The highest BCUT2D eigenvalue weighted by molar-refractivity contribution is 5.95. The van der Waals surface area contributed by atoms with Crippen LogP contribution in [0.2, 0.25) is 0 Å². The summed E-state index contributed by atoms with van der Waals surface area (Å²) in [6.07, 6.45) is 5.56. The van der Waals surface area contributed by atoms with Gasteiger partial charge in [-0.25, -0.2) is 4.98 Å². The van der Waals surface area contributed by atoms with Gasteiger partial charge in [-0.05, 0) is 51.0 Å². The molecule has 1 amide bonds. The van der Waals surface area contributed by atoms with Crippen molar-refractivity contribution >= 4 is 17.4 Å². The molecule has 0 aliphatic carbocycles. The molecule has 1 N–H and O–H groups in total. The molecule has 0 saturated carbocycles. The number of amides is 1. The van der Waals surface area contributed by atoms with Gasteiger partial charge >= 0.3 is 0 Å². The molecule has 0 spiro atoms. The lowest BCUT2D eigenvalue weighted by atomic mass is 9.93. The maximum Gasteiger partial charge on any atom is 0.257 e. The zero-order chi connectivity index (χ0) is 20.4. The number of aryl methyl sites for hydroxylation is 3. The van der Waals surface area contributed by atoms with Crippen LogP contribution >= 0.6 is 0 Å². The fraction of sp³-hybridized carbons (Fsp3) is 0.364. The van der Waals surface area contributed by atoms with Gasteiger partial charge in [0.2, 0.25) is 0 Å². The Bertz CT molecular complexity index is 1010. The van der Waals surface area contributed by atoms with Crippen LogP contribution in [0.4, 0.5) is 11.5 Å². The number of likely N-dealkylation sites (tertiary alicyclic amines) is 1. The van der Waals surface area contributed by atoms with Crippen molar-refractivity contribution < 1.29 is 4.79 Å². The molecular formula is C22H26N6O. The van der Waals surface area contributed by atoms with Gasteiger partial charge in [0.05, 0.1) is 11.3 Å². The minimum Gasteiger partial charge on any atom is -0.340 e. The topological polar surface area (TPSA) is 75.9 Å². The van der Waals surface area contributed by atoms with Gasteiger partial charge < -0.3 is 10.2 Å². The third-order valence-electron chi connectivity index (χ3n) is 5.28. The average molecular weight is 390 g/mol. The van der Waals surface area contributed by atoms with Crippen molar-refractivity contribution in [3.8, 4) is 0 Å². The lowest BCUT2D eigenvalue weighted by molar-refractivity contribution is 0.0705. The predicted molar refractivity (Wildman–Crippen MR) is 112 cm³/mol. The number of carbonyl (C=O) groups excluding carboxylic acids is 1. The summed E-state index contributed by atoms with van der Waals surface area (Å²) in [4.78, 5) is 24.1. The number of anilines is 2. The molecule has 150 valence electrons. The summed E-state index contributed by atoms with van der Waals surface area (Å²) in [6.45, 7) is 5.32. The van der Waals surface area contributed by atoms with Crippen molar-refractivity contribution in [1.82, 2.24) is 24.6 Å². The van der Waals surface area contributed by atoms with E-state index in [1.54, 1.807) is 17.1 Å². The smallest absolute Gasteiger partial charge is 0.257 e. The fourth-order valence-corrected chi connectivity index (χ4v) is 3.94. The average Bonchev–Trinajstić information content (AvgIpc) is 3.06. The van der Waals surface area contributed by atoms with Gasteiger partial charge in [0.25, 0.3) is 5.91 Å². The summed E-state index contributed by atoms with van der Waals surface area (Å²) >= 11 is 0. The second kappa shape index (κ2) is 8.03. The number of nitrogens with one attached hydrogen (secondary N) is 1. The van der Waals surface area contributed by atoms with E-state index in [1.165, 1.54) is 0 Å². The molecule has 4 heterocycles. The Labute approximate surface area is 170 Å². The van der Waals surface area contributed by atoms with Crippen LogP contribution in [0.1, 0.15) is 46.2 Å². The van der Waals surface area contributed by atoms with Crippen LogP contribution in [-0.2, 0) is 7.05 Å². The summed E-state index contributed by atoms with van der Waals surface area (Å²) < 4.78 is 1.70. The van der Waals surface area contributed by atoms with E-state index in [0.717, 1.165) is 48.0 Å². The van der Waals surface area contributed by atoms with Crippen molar-refractivity contribution in [2.75, 3.05) is 18.4 Å². The van der Waals surface area contributed by atoms with E-state index in [1.807, 2.05) is 50.1 Å². The van der Waals surface area contributed by atoms with Crippen molar-refractivity contribution in [1.29, 1.82) is 0 Å². The Morgan fingerprint density at radius 1 is 1.24 bits per heavy atom. The van der Waals surface area contributed by atoms with Gasteiger partial charge in [-0.2, -0.15) is 5.10 Å². The summed E-state index contributed by atoms with van der Waals surface area (Å²) in [5.41, 5.74) is 4.40. The first kappa shape index (κ1) is 19.1. The van der Waals surface area contributed by atoms with Crippen molar-refractivity contribution in [3.05, 3.63) is 65.4 Å². The highest BCUT2D eigenvalue weighted by atomic mass is 16.2. The van der Waals surface area contributed by atoms with Gasteiger partial charge in [-0.3, -0.25) is 14.5 Å². The van der Waals surface area contributed by atoms with Gasteiger partial charge in [0.1, 0.15) is 5.82 Å². The highest BCUT2D eigenvalue weighted by Gasteiger charge is 2.28. The van der Waals surface area contributed by atoms with Gasteiger partial charge in [0.15, 0.2) is 0 Å². The third kappa shape index (κ3) is 4.29. The van der Waals surface area contributed by atoms with E-state index < -0.39 is 0 Å². The second-order valence-corrected chi connectivity index (χ2v) is 7.65. The van der Waals surface area contributed by atoms with Crippen LogP contribution in [-0.4, -0.2) is 43.6 Å². The highest BCUT2D eigenvalue weighted by Crippen LogP contribution is 2.29. The minimum atomic E-state index is 0.0554. The third-order valence-corrected chi connectivity index (χ3v) is 5.28. The van der Waals surface area contributed by atoms with E-state index in [4.69, 9.17) is 4.98 Å². The number of pyridine rings is 2. The molecule has 1 saturated heterocycles. The van der Waals surface area contributed by atoms with E-state index in [2.05, 4.69) is 21.5 Å². The number of carbonyl (C=O) groups is 1. The Morgan fingerprint density at radius 2 is 2.10 bits per heavy atom. The second-order valence-electron chi connectivity index (χ2n) is 7.65. The number of hydrogen-bond donors (Lipinski definition) is 1. The van der Waals surface area contributed by atoms with Crippen molar-refractivity contribution in [3.63, 3.8) is 0 Å². The molecule has 0 unspecified atom stereocenters. The summed E-state index contributed by atoms with van der Waals surface area (Å²) in [6, 6.07) is 9.88. The number of piperidine rings is 1. The Hall–Kier alpha value is -3.22. The SMILES string of the molecule is Cc1cc(Nc2ccccn2)cc([C@@H]2CCCN(C(=O)c3cn(C)nc3C)C2)n1.